The number of amides is 1. The van der Waals surface area contributed by atoms with Crippen LogP contribution in [-0.4, -0.2) is 32.2 Å². The van der Waals surface area contributed by atoms with Crippen LogP contribution >= 0.6 is 0 Å². The molecule has 4 heteroatoms. The van der Waals surface area contributed by atoms with Crippen molar-refractivity contribution in [1.29, 1.82) is 0 Å². The highest BCUT2D eigenvalue weighted by atomic mass is 16.5. The maximum atomic E-state index is 12.2. The number of benzene rings is 1. The first-order chi connectivity index (χ1) is 9.13. The Morgan fingerprint density at radius 1 is 1.37 bits per heavy atom. The summed E-state index contributed by atoms with van der Waals surface area (Å²) in [7, 11) is 3.60. The highest BCUT2D eigenvalue weighted by Gasteiger charge is 2.26. The Morgan fingerprint density at radius 2 is 2.16 bits per heavy atom. The number of hydrogen-bond donors (Lipinski definition) is 2. The molecule has 19 heavy (non-hydrogen) atoms. The van der Waals surface area contributed by atoms with Gasteiger partial charge in [-0.15, -0.1) is 0 Å². The van der Waals surface area contributed by atoms with Gasteiger partial charge in [0.05, 0.1) is 6.10 Å². The van der Waals surface area contributed by atoms with Crippen molar-refractivity contribution in [3.63, 3.8) is 0 Å². The molecule has 1 saturated carbocycles. The number of carbonyl (C=O) groups excluding carboxylic acids is 1. The Morgan fingerprint density at radius 3 is 2.74 bits per heavy atom. The first-order valence-corrected chi connectivity index (χ1v) is 6.76. The molecular formula is C15H22N2O2. The molecule has 2 unspecified atom stereocenters. The molecule has 0 spiro atoms. The number of anilines is 1. The number of methoxy groups -OCH3 is 1. The maximum Gasteiger partial charge on any atom is 0.251 e. The van der Waals surface area contributed by atoms with Crippen LogP contribution in [0.25, 0.3) is 0 Å². The van der Waals surface area contributed by atoms with Crippen molar-refractivity contribution in [1.82, 2.24) is 5.32 Å². The fraction of sp³-hybridized carbons (Fsp3) is 0.533. The van der Waals surface area contributed by atoms with E-state index in [1.54, 1.807) is 7.11 Å². The van der Waals surface area contributed by atoms with Crippen LogP contribution in [0.1, 0.15) is 35.2 Å². The van der Waals surface area contributed by atoms with Gasteiger partial charge in [-0.1, -0.05) is 0 Å². The normalized spacial score (nSPS) is 22.3. The Bertz CT molecular complexity index is 459. The molecule has 2 N–H and O–H groups in total. The minimum atomic E-state index is 0.0157. The van der Waals surface area contributed by atoms with Crippen LogP contribution in [0.2, 0.25) is 0 Å². The van der Waals surface area contributed by atoms with Crippen molar-refractivity contribution < 1.29 is 9.53 Å². The summed E-state index contributed by atoms with van der Waals surface area (Å²) in [6.07, 6.45) is 3.23. The Kier molecular flexibility index (Phi) is 4.43. The summed E-state index contributed by atoms with van der Waals surface area (Å²) in [5.74, 6) is 0.0157. The predicted octanol–water partition coefficient (Wildman–Crippen LogP) is 2.33. The highest BCUT2D eigenvalue weighted by Crippen LogP contribution is 2.22. The molecule has 0 bridgehead atoms. The zero-order valence-electron chi connectivity index (χ0n) is 11.8. The van der Waals surface area contributed by atoms with Gasteiger partial charge in [0.15, 0.2) is 0 Å². The molecule has 2 atom stereocenters. The molecule has 0 saturated heterocycles. The van der Waals surface area contributed by atoms with Gasteiger partial charge in [0.25, 0.3) is 5.91 Å². The molecule has 0 aliphatic heterocycles. The summed E-state index contributed by atoms with van der Waals surface area (Å²) in [5.41, 5.74) is 2.76. The molecule has 1 aliphatic carbocycles. The number of nitrogens with one attached hydrogen (secondary N) is 2. The number of hydrogen-bond acceptors (Lipinski definition) is 3. The van der Waals surface area contributed by atoms with Crippen LogP contribution in [0.4, 0.5) is 5.69 Å². The van der Waals surface area contributed by atoms with E-state index in [2.05, 4.69) is 10.6 Å². The zero-order chi connectivity index (χ0) is 13.8. The maximum absolute atomic E-state index is 12.2. The number of ether oxygens (including phenoxy) is 1. The van der Waals surface area contributed by atoms with Crippen LogP contribution in [-0.2, 0) is 4.74 Å². The van der Waals surface area contributed by atoms with Crippen molar-refractivity contribution in [2.75, 3.05) is 19.5 Å². The average Bonchev–Trinajstić information content (AvgIpc) is 2.86. The first-order valence-electron chi connectivity index (χ1n) is 6.76. The van der Waals surface area contributed by atoms with Gasteiger partial charge in [-0.05, 0) is 49.9 Å². The molecule has 104 valence electrons. The summed E-state index contributed by atoms with van der Waals surface area (Å²) >= 11 is 0. The van der Waals surface area contributed by atoms with E-state index < -0.39 is 0 Å². The summed E-state index contributed by atoms with van der Waals surface area (Å²) in [4.78, 5) is 12.2. The summed E-state index contributed by atoms with van der Waals surface area (Å²) < 4.78 is 5.32. The summed E-state index contributed by atoms with van der Waals surface area (Å²) in [5, 5.41) is 6.17. The quantitative estimate of drug-likeness (QED) is 0.875. The van der Waals surface area contributed by atoms with Gasteiger partial charge in [-0.25, -0.2) is 0 Å². The van der Waals surface area contributed by atoms with E-state index in [4.69, 9.17) is 4.74 Å². The van der Waals surface area contributed by atoms with Crippen LogP contribution in [0.5, 0.6) is 0 Å². The second-order valence-corrected chi connectivity index (χ2v) is 5.12. The summed E-state index contributed by atoms with van der Waals surface area (Å²) in [6.45, 7) is 1.96. The lowest BCUT2D eigenvalue weighted by atomic mass is 10.1. The zero-order valence-corrected chi connectivity index (χ0v) is 11.8. The monoisotopic (exact) mass is 262 g/mol. The van der Waals surface area contributed by atoms with E-state index in [0.717, 1.165) is 36.1 Å². The molecule has 0 radical (unpaired) electrons. The van der Waals surface area contributed by atoms with Crippen molar-refractivity contribution in [2.45, 2.75) is 38.3 Å². The molecule has 0 aromatic heterocycles. The van der Waals surface area contributed by atoms with Gasteiger partial charge in [0.1, 0.15) is 0 Å². The van der Waals surface area contributed by atoms with Crippen molar-refractivity contribution in [3.05, 3.63) is 29.3 Å². The standard InChI is InChI=1S/C15H22N2O2/c1-10-8-11(16-2)5-7-14(10)15(18)17-12-4-6-13(9-12)19-3/h5,7-8,12-13,16H,4,6,9H2,1-3H3,(H,17,18). The average molecular weight is 262 g/mol. The first kappa shape index (κ1) is 13.9. The van der Waals surface area contributed by atoms with E-state index in [0.29, 0.717) is 0 Å². The minimum Gasteiger partial charge on any atom is -0.388 e. The van der Waals surface area contributed by atoms with E-state index in [1.807, 2.05) is 32.2 Å². The second-order valence-electron chi connectivity index (χ2n) is 5.12. The van der Waals surface area contributed by atoms with Crippen molar-refractivity contribution in [3.8, 4) is 0 Å². The third kappa shape index (κ3) is 3.26. The lowest BCUT2D eigenvalue weighted by molar-refractivity contribution is 0.0914. The van der Waals surface area contributed by atoms with Crippen molar-refractivity contribution >= 4 is 11.6 Å². The lowest BCUT2D eigenvalue weighted by Crippen LogP contribution is -2.33. The number of aryl methyl sites for hydroxylation is 1. The SMILES string of the molecule is CNc1ccc(C(=O)NC2CCC(OC)C2)c(C)c1. The smallest absolute Gasteiger partial charge is 0.251 e. The number of carbonyl (C=O) groups is 1. The van der Waals surface area contributed by atoms with Crippen LogP contribution < -0.4 is 10.6 Å². The molecule has 1 amide bonds. The molecule has 1 aromatic rings. The summed E-state index contributed by atoms with van der Waals surface area (Å²) in [6, 6.07) is 6.02. The molecule has 2 rings (SSSR count). The third-order valence-electron chi connectivity index (χ3n) is 3.81. The highest BCUT2D eigenvalue weighted by molar-refractivity contribution is 5.96. The van der Waals surface area contributed by atoms with Crippen LogP contribution in [0.3, 0.4) is 0 Å². The molecule has 4 nitrogen and oxygen atoms in total. The van der Waals surface area contributed by atoms with Crippen LogP contribution in [0.15, 0.2) is 18.2 Å². The second kappa shape index (κ2) is 6.06. The topological polar surface area (TPSA) is 50.4 Å². The minimum absolute atomic E-state index is 0.0157. The molecule has 1 fully saturated rings. The van der Waals surface area contributed by atoms with Crippen molar-refractivity contribution in [2.24, 2.45) is 0 Å². The van der Waals surface area contributed by atoms with Gasteiger partial charge >= 0.3 is 0 Å². The van der Waals surface area contributed by atoms with Gasteiger partial charge in [0.2, 0.25) is 0 Å². The molecular weight excluding hydrogens is 240 g/mol. The number of rotatable bonds is 4. The Labute approximate surface area is 114 Å². The third-order valence-corrected chi connectivity index (χ3v) is 3.81. The van der Waals surface area contributed by atoms with Gasteiger partial charge < -0.3 is 15.4 Å². The molecule has 1 aromatic carbocycles. The van der Waals surface area contributed by atoms with E-state index in [1.165, 1.54) is 0 Å². The fourth-order valence-electron chi connectivity index (χ4n) is 2.62. The van der Waals surface area contributed by atoms with E-state index in [-0.39, 0.29) is 18.1 Å². The van der Waals surface area contributed by atoms with E-state index in [9.17, 15) is 4.79 Å². The Balaban J connectivity index is 2.00. The fourth-order valence-corrected chi connectivity index (χ4v) is 2.62. The molecule has 1 aliphatic rings. The predicted molar refractivity (Wildman–Crippen MR) is 76.6 cm³/mol. The lowest BCUT2D eigenvalue weighted by Gasteiger charge is -2.14. The van der Waals surface area contributed by atoms with Gasteiger partial charge in [-0.3, -0.25) is 4.79 Å². The van der Waals surface area contributed by atoms with E-state index >= 15 is 0 Å². The van der Waals surface area contributed by atoms with Crippen LogP contribution in [0, 0.1) is 6.92 Å². The van der Waals surface area contributed by atoms with Gasteiger partial charge in [0, 0.05) is 31.5 Å². The molecule has 0 heterocycles. The van der Waals surface area contributed by atoms with Gasteiger partial charge in [-0.2, -0.15) is 0 Å². The largest absolute Gasteiger partial charge is 0.388 e. The Hall–Kier alpha value is -1.55.